The SMILES string of the molecule is CN(C)c1ccc(N2CCN(C(=O)c3cccc4c3OCCO4)CC2)nn1. The van der Waals surface area contributed by atoms with Crippen molar-refractivity contribution in [3.8, 4) is 11.5 Å². The topological polar surface area (TPSA) is 71.0 Å². The summed E-state index contributed by atoms with van der Waals surface area (Å²) in [4.78, 5) is 18.9. The van der Waals surface area contributed by atoms with Crippen molar-refractivity contribution in [2.75, 3.05) is 63.3 Å². The number of aromatic nitrogens is 2. The zero-order valence-electron chi connectivity index (χ0n) is 15.6. The van der Waals surface area contributed by atoms with Crippen LogP contribution in [0.15, 0.2) is 30.3 Å². The number of para-hydroxylation sites is 1. The monoisotopic (exact) mass is 369 g/mol. The van der Waals surface area contributed by atoms with E-state index < -0.39 is 0 Å². The Labute approximate surface area is 158 Å². The van der Waals surface area contributed by atoms with Gasteiger partial charge in [-0.1, -0.05) is 6.07 Å². The standard InChI is InChI=1S/C19H23N5O3/c1-22(2)16-6-7-17(21-20-16)23-8-10-24(11-9-23)19(25)14-4-3-5-15-18(14)27-13-12-26-15/h3-7H,8-13H2,1-2H3. The van der Waals surface area contributed by atoms with Gasteiger partial charge in [0.05, 0.1) is 5.56 Å². The van der Waals surface area contributed by atoms with Crippen molar-refractivity contribution in [2.45, 2.75) is 0 Å². The Morgan fingerprint density at radius 2 is 1.78 bits per heavy atom. The molecule has 0 radical (unpaired) electrons. The number of hydrogen-bond donors (Lipinski definition) is 0. The van der Waals surface area contributed by atoms with Gasteiger partial charge in [0, 0.05) is 40.3 Å². The van der Waals surface area contributed by atoms with Crippen molar-refractivity contribution in [1.82, 2.24) is 15.1 Å². The molecule has 2 aliphatic rings. The van der Waals surface area contributed by atoms with E-state index in [1.165, 1.54) is 0 Å². The lowest BCUT2D eigenvalue weighted by Gasteiger charge is -2.35. The molecule has 8 nitrogen and oxygen atoms in total. The Hall–Kier alpha value is -3.03. The van der Waals surface area contributed by atoms with E-state index in [0.717, 1.165) is 11.6 Å². The summed E-state index contributed by atoms with van der Waals surface area (Å²) in [5.74, 6) is 2.83. The van der Waals surface area contributed by atoms with Crippen LogP contribution >= 0.6 is 0 Å². The molecule has 2 aromatic rings. The Kier molecular flexibility index (Phi) is 4.70. The summed E-state index contributed by atoms with van der Waals surface area (Å²) in [5.41, 5.74) is 0.566. The summed E-state index contributed by atoms with van der Waals surface area (Å²) >= 11 is 0. The van der Waals surface area contributed by atoms with Crippen LogP contribution in [0.3, 0.4) is 0 Å². The van der Waals surface area contributed by atoms with E-state index in [2.05, 4.69) is 15.1 Å². The average Bonchev–Trinajstić information content (AvgIpc) is 2.73. The third-order valence-electron chi connectivity index (χ3n) is 4.78. The zero-order valence-corrected chi connectivity index (χ0v) is 15.6. The van der Waals surface area contributed by atoms with Crippen LogP contribution in [0, 0.1) is 0 Å². The molecule has 0 saturated carbocycles. The van der Waals surface area contributed by atoms with Crippen LogP contribution in [-0.2, 0) is 0 Å². The fraction of sp³-hybridized carbons (Fsp3) is 0.421. The van der Waals surface area contributed by atoms with Gasteiger partial charge in [-0.2, -0.15) is 0 Å². The van der Waals surface area contributed by atoms with Gasteiger partial charge in [-0.05, 0) is 24.3 Å². The second-order valence-corrected chi connectivity index (χ2v) is 6.75. The minimum Gasteiger partial charge on any atom is -0.486 e. The number of nitrogens with zero attached hydrogens (tertiary/aromatic N) is 5. The molecule has 0 spiro atoms. The predicted octanol–water partition coefficient (Wildman–Crippen LogP) is 1.28. The van der Waals surface area contributed by atoms with Gasteiger partial charge in [-0.3, -0.25) is 4.79 Å². The lowest BCUT2D eigenvalue weighted by atomic mass is 10.1. The Morgan fingerprint density at radius 3 is 2.48 bits per heavy atom. The molecule has 2 aliphatic heterocycles. The first-order valence-corrected chi connectivity index (χ1v) is 9.07. The van der Waals surface area contributed by atoms with Crippen LogP contribution in [0.25, 0.3) is 0 Å². The van der Waals surface area contributed by atoms with Gasteiger partial charge in [-0.25, -0.2) is 0 Å². The van der Waals surface area contributed by atoms with Crippen molar-refractivity contribution in [3.63, 3.8) is 0 Å². The van der Waals surface area contributed by atoms with Gasteiger partial charge >= 0.3 is 0 Å². The molecule has 8 heteroatoms. The fourth-order valence-electron chi connectivity index (χ4n) is 3.28. The molecule has 0 atom stereocenters. The quantitative estimate of drug-likeness (QED) is 0.807. The van der Waals surface area contributed by atoms with Crippen molar-refractivity contribution >= 4 is 17.5 Å². The number of hydrogen-bond acceptors (Lipinski definition) is 7. The number of ether oxygens (including phenoxy) is 2. The first-order chi connectivity index (χ1) is 13.1. The Morgan fingerprint density at radius 1 is 1.00 bits per heavy atom. The van der Waals surface area contributed by atoms with Crippen LogP contribution in [-0.4, -0.2) is 74.5 Å². The summed E-state index contributed by atoms with van der Waals surface area (Å²) in [6, 6.07) is 9.39. The summed E-state index contributed by atoms with van der Waals surface area (Å²) in [7, 11) is 3.87. The Bertz CT molecular complexity index is 817. The molecule has 0 unspecified atom stereocenters. The number of carbonyl (C=O) groups is 1. The minimum atomic E-state index is -0.0222. The molecule has 1 fully saturated rings. The molecule has 0 aliphatic carbocycles. The summed E-state index contributed by atoms with van der Waals surface area (Å²) in [6.07, 6.45) is 0. The first kappa shape index (κ1) is 17.4. The van der Waals surface area contributed by atoms with E-state index in [1.807, 2.05) is 48.2 Å². The maximum Gasteiger partial charge on any atom is 0.257 e. The highest BCUT2D eigenvalue weighted by atomic mass is 16.6. The van der Waals surface area contributed by atoms with Crippen LogP contribution in [0.5, 0.6) is 11.5 Å². The van der Waals surface area contributed by atoms with E-state index in [-0.39, 0.29) is 5.91 Å². The fourth-order valence-corrected chi connectivity index (χ4v) is 3.28. The van der Waals surface area contributed by atoms with E-state index in [4.69, 9.17) is 9.47 Å². The summed E-state index contributed by atoms with van der Waals surface area (Å²) in [6.45, 7) is 3.66. The number of fused-ring (bicyclic) bond motifs is 1. The van der Waals surface area contributed by atoms with Crippen LogP contribution < -0.4 is 19.3 Å². The number of carbonyl (C=O) groups excluding carboxylic acids is 1. The van der Waals surface area contributed by atoms with E-state index >= 15 is 0 Å². The number of piperazine rings is 1. The molecule has 4 rings (SSSR count). The highest BCUT2D eigenvalue weighted by molar-refractivity contribution is 5.98. The smallest absolute Gasteiger partial charge is 0.257 e. The first-order valence-electron chi connectivity index (χ1n) is 9.07. The molecule has 1 aromatic carbocycles. The second kappa shape index (κ2) is 7.30. The molecule has 1 aromatic heterocycles. The number of rotatable bonds is 3. The lowest BCUT2D eigenvalue weighted by Crippen LogP contribution is -2.49. The minimum absolute atomic E-state index is 0.0222. The van der Waals surface area contributed by atoms with Gasteiger partial charge in [0.2, 0.25) is 0 Å². The van der Waals surface area contributed by atoms with E-state index in [0.29, 0.717) is 56.5 Å². The maximum atomic E-state index is 13.0. The molecule has 1 amide bonds. The normalized spacial score (nSPS) is 16.2. The number of anilines is 2. The molecule has 0 N–H and O–H groups in total. The van der Waals surface area contributed by atoms with Crippen molar-refractivity contribution < 1.29 is 14.3 Å². The van der Waals surface area contributed by atoms with Crippen LogP contribution in [0.1, 0.15) is 10.4 Å². The summed E-state index contributed by atoms with van der Waals surface area (Å²) in [5, 5.41) is 8.53. The number of benzene rings is 1. The zero-order chi connectivity index (χ0) is 18.8. The average molecular weight is 369 g/mol. The van der Waals surface area contributed by atoms with Crippen molar-refractivity contribution in [2.24, 2.45) is 0 Å². The third kappa shape index (κ3) is 3.47. The van der Waals surface area contributed by atoms with Gasteiger partial charge in [0.25, 0.3) is 5.91 Å². The van der Waals surface area contributed by atoms with Gasteiger partial charge < -0.3 is 24.2 Å². The summed E-state index contributed by atoms with van der Waals surface area (Å²) < 4.78 is 11.3. The lowest BCUT2D eigenvalue weighted by molar-refractivity contribution is 0.0736. The van der Waals surface area contributed by atoms with Gasteiger partial charge in [-0.15, -0.1) is 10.2 Å². The highest BCUT2D eigenvalue weighted by Gasteiger charge is 2.27. The maximum absolute atomic E-state index is 13.0. The largest absolute Gasteiger partial charge is 0.486 e. The predicted molar refractivity (Wildman–Crippen MR) is 102 cm³/mol. The third-order valence-corrected chi connectivity index (χ3v) is 4.78. The van der Waals surface area contributed by atoms with Crippen LogP contribution in [0.2, 0.25) is 0 Å². The molecule has 0 bridgehead atoms. The van der Waals surface area contributed by atoms with E-state index in [9.17, 15) is 4.79 Å². The van der Waals surface area contributed by atoms with E-state index in [1.54, 1.807) is 6.07 Å². The molecular weight excluding hydrogens is 346 g/mol. The molecule has 142 valence electrons. The van der Waals surface area contributed by atoms with Crippen molar-refractivity contribution in [1.29, 1.82) is 0 Å². The Balaban J connectivity index is 1.43. The molecular formula is C19H23N5O3. The molecule has 3 heterocycles. The number of amides is 1. The van der Waals surface area contributed by atoms with Crippen molar-refractivity contribution in [3.05, 3.63) is 35.9 Å². The van der Waals surface area contributed by atoms with Gasteiger partial charge in [0.15, 0.2) is 23.1 Å². The molecule has 27 heavy (non-hydrogen) atoms. The highest BCUT2D eigenvalue weighted by Crippen LogP contribution is 2.34. The van der Waals surface area contributed by atoms with Crippen LogP contribution in [0.4, 0.5) is 11.6 Å². The molecule has 1 saturated heterocycles. The second-order valence-electron chi connectivity index (χ2n) is 6.75. The van der Waals surface area contributed by atoms with Gasteiger partial charge in [0.1, 0.15) is 13.2 Å².